The van der Waals surface area contributed by atoms with Gasteiger partial charge in [0, 0.05) is 0 Å². The average molecular weight is 431 g/mol. The topological polar surface area (TPSA) is 73.9 Å². The molecule has 27 heavy (non-hydrogen) atoms. The normalized spacial score (nSPS) is 13.6. The first-order chi connectivity index (χ1) is 12.8. The van der Waals surface area contributed by atoms with Gasteiger partial charge in [-0.2, -0.15) is 0 Å². The van der Waals surface area contributed by atoms with Crippen LogP contribution in [0.5, 0.6) is 11.5 Å². The third-order valence-corrected chi connectivity index (χ3v) is 4.73. The lowest BCUT2D eigenvalue weighted by atomic mass is 10.2. The monoisotopic (exact) mass is 429 g/mol. The van der Waals surface area contributed by atoms with E-state index >= 15 is 0 Å². The molecular weight excluding hydrogens is 417 g/mol. The van der Waals surface area contributed by atoms with Gasteiger partial charge in [0.05, 0.1) is 26.3 Å². The molecule has 2 aromatic carbocycles. The van der Waals surface area contributed by atoms with Crippen molar-refractivity contribution in [3.63, 3.8) is 0 Å². The number of rotatable bonds is 4. The number of benzene rings is 2. The van der Waals surface area contributed by atoms with E-state index in [1.807, 2.05) is 0 Å². The second-order valence-corrected chi connectivity index (χ2v) is 6.86. The van der Waals surface area contributed by atoms with Crippen molar-refractivity contribution in [2.45, 2.75) is 13.0 Å². The van der Waals surface area contributed by atoms with Gasteiger partial charge >= 0.3 is 5.97 Å². The number of hydrogen-bond donors (Lipinski definition) is 1. The SMILES string of the molecule is CC(OC(=O)c1ccc2c(c1)OCCO2)C(=O)Nc1cc(Cl)c(Cl)cc1Cl. The molecule has 3 rings (SSSR count). The van der Waals surface area contributed by atoms with Crippen molar-refractivity contribution in [3.8, 4) is 11.5 Å². The summed E-state index contributed by atoms with van der Waals surface area (Å²) in [6.45, 7) is 2.29. The summed E-state index contributed by atoms with van der Waals surface area (Å²) in [4.78, 5) is 24.6. The highest BCUT2D eigenvalue weighted by Gasteiger charge is 2.22. The first-order valence-corrected chi connectivity index (χ1v) is 9.04. The first-order valence-electron chi connectivity index (χ1n) is 7.91. The Kier molecular flexibility index (Phi) is 5.99. The number of halogens is 3. The maximum atomic E-state index is 12.3. The lowest BCUT2D eigenvalue weighted by molar-refractivity contribution is -0.123. The summed E-state index contributed by atoms with van der Waals surface area (Å²) in [6, 6.07) is 7.49. The lowest BCUT2D eigenvalue weighted by Crippen LogP contribution is -2.30. The van der Waals surface area contributed by atoms with Gasteiger partial charge in [-0.25, -0.2) is 4.79 Å². The molecule has 0 bridgehead atoms. The number of amides is 1. The van der Waals surface area contributed by atoms with E-state index in [2.05, 4.69) is 5.32 Å². The highest BCUT2D eigenvalue weighted by Crippen LogP contribution is 2.33. The van der Waals surface area contributed by atoms with E-state index in [9.17, 15) is 9.59 Å². The van der Waals surface area contributed by atoms with Crippen molar-refractivity contribution < 1.29 is 23.8 Å². The van der Waals surface area contributed by atoms with Crippen molar-refractivity contribution in [2.75, 3.05) is 18.5 Å². The fourth-order valence-corrected chi connectivity index (χ4v) is 2.90. The minimum Gasteiger partial charge on any atom is -0.486 e. The van der Waals surface area contributed by atoms with Gasteiger partial charge in [-0.3, -0.25) is 4.79 Å². The summed E-state index contributed by atoms with van der Waals surface area (Å²) in [5, 5.41) is 3.26. The molecule has 1 heterocycles. The van der Waals surface area contributed by atoms with Gasteiger partial charge in [0.25, 0.3) is 5.91 Å². The molecule has 1 aliphatic heterocycles. The Hall–Kier alpha value is -2.15. The molecule has 6 nitrogen and oxygen atoms in total. The summed E-state index contributed by atoms with van der Waals surface area (Å²) in [6.07, 6.45) is -1.07. The van der Waals surface area contributed by atoms with Gasteiger partial charge in [-0.15, -0.1) is 0 Å². The van der Waals surface area contributed by atoms with E-state index in [-0.39, 0.29) is 26.3 Å². The molecule has 1 aliphatic rings. The summed E-state index contributed by atoms with van der Waals surface area (Å²) >= 11 is 17.8. The number of carbonyl (C=O) groups excluding carboxylic acids is 2. The standard InChI is InChI=1S/C18H14Cl3NO5/c1-9(17(23)22-14-8-12(20)11(19)7-13(14)21)27-18(24)10-2-3-15-16(6-10)26-5-4-25-15/h2-3,6-9H,4-5H2,1H3,(H,22,23). The Labute approximate surface area is 170 Å². The van der Waals surface area contributed by atoms with E-state index < -0.39 is 18.0 Å². The lowest BCUT2D eigenvalue weighted by Gasteiger charge is -2.19. The zero-order valence-corrected chi connectivity index (χ0v) is 16.3. The Morgan fingerprint density at radius 1 is 1.00 bits per heavy atom. The van der Waals surface area contributed by atoms with Crippen LogP contribution >= 0.6 is 34.8 Å². The number of fused-ring (bicyclic) bond motifs is 1. The van der Waals surface area contributed by atoms with Crippen LogP contribution in [0, 0.1) is 0 Å². The zero-order valence-electron chi connectivity index (χ0n) is 14.1. The first kappa shape index (κ1) is 19.6. The van der Waals surface area contributed by atoms with Crippen LogP contribution in [0.2, 0.25) is 15.1 Å². The average Bonchev–Trinajstić information content (AvgIpc) is 2.65. The Balaban J connectivity index is 1.66. The molecule has 1 unspecified atom stereocenters. The predicted molar refractivity (Wildman–Crippen MR) is 102 cm³/mol. The summed E-state index contributed by atoms with van der Waals surface area (Å²) < 4.78 is 16.0. The smallest absolute Gasteiger partial charge is 0.339 e. The fraction of sp³-hybridized carbons (Fsp3) is 0.222. The molecular formula is C18H14Cl3NO5. The number of anilines is 1. The number of nitrogens with one attached hydrogen (secondary N) is 1. The van der Waals surface area contributed by atoms with Crippen LogP contribution in [0.3, 0.4) is 0 Å². The molecule has 1 N–H and O–H groups in total. The third kappa shape index (κ3) is 4.58. The zero-order chi connectivity index (χ0) is 19.6. The quantitative estimate of drug-likeness (QED) is 0.567. The highest BCUT2D eigenvalue weighted by molar-refractivity contribution is 6.44. The second kappa shape index (κ2) is 8.25. The van der Waals surface area contributed by atoms with Crippen LogP contribution in [-0.2, 0) is 9.53 Å². The molecule has 0 radical (unpaired) electrons. The maximum Gasteiger partial charge on any atom is 0.339 e. The van der Waals surface area contributed by atoms with E-state index in [1.54, 1.807) is 6.07 Å². The highest BCUT2D eigenvalue weighted by atomic mass is 35.5. The van der Waals surface area contributed by atoms with Gasteiger partial charge in [-0.05, 0) is 37.3 Å². The van der Waals surface area contributed by atoms with Crippen LogP contribution in [-0.4, -0.2) is 31.2 Å². The van der Waals surface area contributed by atoms with Gasteiger partial charge in [0.2, 0.25) is 0 Å². The molecule has 0 aliphatic carbocycles. The van der Waals surface area contributed by atoms with Crippen molar-refractivity contribution in [1.82, 2.24) is 0 Å². The summed E-state index contributed by atoms with van der Waals surface area (Å²) in [5.74, 6) is -0.232. The molecule has 0 spiro atoms. The molecule has 0 aromatic heterocycles. The van der Waals surface area contributed by atoms with Gasteiger partial charge in [0.15, 0.2) is 17.6 Å². The van der Waals surface area contributed by atoms with Crippen LogP contribution in [0.25, 0.3) is 0 Å². The Morgan fingerprint density at radius 2 is 1.67 bits per heavy atom. The molecule has 142 valence electrons. The fourth-order valence-electron chi connectivity index (χ4n) is 2.31. The Bertz CT molecular complexity index is 903. The second-order valence-electron chi connectivity index (χ2n) is 5.64. The van der Waals surface area contributed by atoms with E-state index in [1.165, 1.54) is 31.2 Å². The minimum absolute atomic E-state index is 0.211. The number of carbonyl (C=O) groups is 2. The van der Waals surface area contributed by atoms with Crippen molar-refractivity contribution in [2.24, 2.45) is 0 Å². The van der Waals surface area contributed by atoms with Crippen molar-refractivity contribution in [1.29, 1.82) is 0 Å². The molecule has 0 fully saturated rings. The van der Waals surface area contributed by atoms with Crippen LogP contribution in [0.4, 0.5) is 5.69 Å². The predicted octanol–water partition coefficient (Wildman–Crippen LogP) is 4.60. The van der Waals surface area contributed by atoms with Gasteiger partial charge < -0.3 is 19.5 Å². The van der Waals surface area contributed by atoms with Crippen molar-refractivity contribution in [3.05, 3.63) is 51.0 Å². The summed E-state index contributed by atoms with van der Waals surface area (Å²) in [5.41, 5.74) is 0.504. The minimum atomic E-state index is -1.07. The van der Waals surface area contributed by atoms with Crippen LogP contribution < -0.4 is 14.8 Å². The number of hydrogen-bond acceptors (Lipinski definition) is 5. The largest absolute Gasteiger partial charge is 0.486 e. The van der Waals surface area contributed by atoms with Crippen LogP contribution in [0.15, 0.2) is 30.3 Å². The van der Waals surface area contributed by atoms with E-state index in [0.717, 1.165) is 0 Å². The molecule has 9 heteroatoms. The van der Waals surface area contributed by atoms with Crippen LogP contribution in [0.1, 0.15) is 17.3 Å². The molecule has 2 aromatic rings. The molecule has 1 atom stereocenters. The summed E-state index contributed by atoms with van der Waals surface area (Å²) in [7, 11) is 0. The van der Waals surface area contributed by atoms with E-state index in [0.29, 0.717) is 24.7 Å². The Morgan fingerprint density at radius 3 is 2.41 bits per heavy atom. The van der Waals surface area contributed by atoms with Gasteiger partial charge in [0.1, 0.15) is 13.2 Å². The molecule has 0 saturated carbocycles. The van der Waals surface area contributed by atoms with Crippen molar-refractivity contribution >= 4 is 52.4 Å². The third-order valence-electron chi connectivity index (χ3n) is 3.70. The number of esters is 1. The molecule has 1 amide bonds. The van der Waals surface area contributed by atoms with E-state index in [4.69, 9.17) is 49.0 Å². The number of ether oxygens (including phenoxy) is 3. The molecule has 0 saturated heterocycles. The van der Waals surface area contributed by atoms with Gasteiger partial charge in [-0.1, -0.05) is 34.8 Å². The maximum absolute atomic E-state index is 12.3.